The van der Waals surface area contributed by atoms with Crippen LogP contribution in [0.1, 0.15) is 34.7 Å². The molecule has 0 aliphatic rings. The summed E-state index contributed by atoms with van der Waals surface area (Å²) in [4.78, 5) is 8.34. The Morgan fingerprint density at radius 3 is 2.52 bits per heavy atom. The topological polar surface area (TPSA) is 58.4 Å². The van der Waals surface area contributed by atoms with Crippen molar-refractivity contribution in [3.8, 4) is 0 Å². The van der Waals surface area contributed by atoms with Crippen LogP contribution in [0.25, 0.3) is 0 Å². The Labute approximate surface area is 155 Å². The third kappa shape index (κ3) is 4.12. The van der Waals surface area contributed by atoms with Gasteiger partial charge in [0.2, 0.25) is 0 Å². The van der Waals surface area contributed by atoms with E-state index in [2.05, 4.69) is 62.2 Å². The second kappa shape index (κ2) is 8.03. The van der Waals surface area contributed by atoms with Crippen LogP contribution in [0.5, 0.6) is 0 Å². The van der Waals surface area contributed by atoms with Gasteiger partial charge in [-0.1, -0.05) is 57.5 Å². The molecule has 0 amide bonds. The van der Waals surface area contributed by atoms with Gasteiger partial charge in [0.1, 0.15) is 11.4 Å². The van der Waals surface area contributed by atoms with Crippen LogP contribution in [0, 0.1) is 6.92 Å². The standard InChI is InChI=1S/C20H18BrN3O/c1-14-4-2-3-5-17(14)18(15-6-8-16(21)9-7-15)12-19(24-25)20-13-22-10-11-23-20/h2-11,13,18,25H,12H2,1H3/b24-19+. The predicted molar refractivity (Wildman–Crippen MR) is 102 cm³/mol. The van der Waals surface area contributed by atoms with E-state index in [0.29, 0.717) is 17.8 Å². The second-order valence-electron chi connectivity index (χ2n) is 5.80. The maximum absolute atomic E-state index is 9.55. The van der Waals surface area contributed by atoms with Crippen LogP contribution in [0.2, 0.25) is 0 Å². The highest BCUT2D eigenvalue weighted by Gasteiger charge is 2.20. The van der Waals surface area contributed by atoms with Gasteiger partial charge in [0, 0.05) is 29.2 Å². The molecular weight excluding hydrogens is 378 g/mol. The number of nitrogens with zero attached hydrogens (tertiary/aromatic N) is 3. The van der Waals surface area contributed by atoms with E-state index in [0.717, 1.165) is 10.0 Å². The summed E-state index contributed by atoms with van der Waals surface area (Å²) in [5, 5.41) is 13.0. The zero-order chi connectivity index (χ0) is 17.6. The SMILES string of the molecule is Cc1ccccc1C(C/C(=N\O)c1cnccn1)c1ccc(Br)cc1. The summed E-state index contributed by atoms with van der Waals surface area (Å²) in [6.45, 7) is 2.10. The molecule has 1 heterocycles. The van der Waals surface area contributed by atoms with Crippen molar-refractivity contribution >= 4 is 21.6 Å². The molecule has 0 radical (unpaired) electrons. The van der Waals surface area contributed by atoms with E-state index in [1.807, 2.05) is 24.3 Å². The molecule has 1 atom stereocenters. The number of benzene rings is 2. The first-order valence-corrected chi connectivity index (χ1v) is 8.76. The maximum atomic E-state index is 9.55. The van der Waals surface area contributed by atoms with Crippen molar-refractivity contribution in [1.82, 2.24) is 9.97 Å². The van der Waals surface area contributed by atoms with Gasteiger partial charge < -0.3 is 5.21 Å². The average molecular weight is 396 g/mol. The lowest BCUT2D eigenvalue weighted by atomic mass is 9.84. The molecule has 0 spiro atoms. The van der Waals surface area contributed by atoms with Crippen molar-refractivity contribution in [1.29, 1.82) is 0 Å². The highest BCUT2D eigenvalue weighted by molar-refractivity contribution is 9.10. The molecule has 2 aromatic carbocycles. The molecule has 1 unspecified atom stereocenters. The van der Waals surface area contributed by atoms with Crippen LogP contribution >= 0.6 is 15.9 Å². The average Bonchev–Trinajstić information content (AvgIpc) is 2.65. The van der Waals surface area contributed by atoms with E-state index in [1.165, 1.54) is 11.1 Å². The van der Waals surface area contributed by atoms with Crippen LogP contribution in [-0.2, 0) is 0 Å². The lowest BCUT2D eigenvalue weighted by Crippen LogP contribution is -2.13. The van der Waals surface area contributed by atoms with Crippen LogP contribution in [0.4, 0.5) is 0 Å². The first kappa shape index (κ1) is 17.3. The lowest BCUT2D eigenvalue weighted by Gasteiger charge is -2.20. The minimum Gasteiger partial charge on any atom is -0.411 e. The number of oxime groups is 1. The third-order valence-corrected chi connectivity index (χ3v) is 4.74. The summed E-state index contributed by atoms with van der Waals surface area (Å²) in [7, 11) is 0. The zero-order valence-electron chi connectivity index (χ0n) is 13.8. The van der Waals surface area contributed by atoms with Gasteiger partial charge in [-0.15, -0.1) is 0 Å². The van der Waals surface area contributed by atoms with E-state index >= 15 is 0 Å². The van der Waals surface area contributed by atoms with Crippen molar-refractivity contribution < 1.29 is 5.21 Å². The second-order valence-corrected chi connectivity index (χ2v) is 6.72. The molecular formula is C20H18BrN3O. The number of rotatable bonds is 5. The van der Waals surface area contributed by atoms with Gasteiger partial charge in [0.15, 0.2) is 0 Å². The molecule has 126 valence electrons. The maximum Gasteiger partial charge on any atom is 0.108 e. The summed E-state index contributed by atoms with van der Waals surface area (Å²) in [6.07, 6.45) is 5.35. The van der Waals surface area contributed by atoms with Crippen LogP contribution in [-0.4, -0.2) is 20.9 Å². The molecule has 0 bridgehead atoms. The highest BCUT2D eigenvalue weighted by Crippen LogP contribution is 2.32. The quantitative estimate of drug-likeness (QED) is 0.377. The van der Waals surface area contributed by atoms with Crippen LogP contribution < -0.4 is 0 Å². The van der Waals surface area contributed by atoms with Gasteiger partial charge in [-0.25, -0.2) is 0 Å². The molecule has 1 aromatic heterocycles. The molecule has 25 heavy (non-hydrogen) atoms. The molecule has 4 nitrogen and oxygen atoms in total. The fourth-order valence-electron chi connectivity index (χ4n) is 2.92. The third-order valence-electron chi connectivity index (χ3n) is 4.21. The van der Waals surface area contributed by atoms with E-state index in [9.17, 15) is 5.21 Å². The van der Waals surface area contributed by atoms with E-state index in [1.54, 1.807) is 18.6 Å². The van der Waals surface area contributed by atoms with Gasteiger partial charge in [-0.05, 0) is 35.7 Å². The number of halogens is 1. The fraction of sp³-hybridized carbons (Fsp3) is 0.150. The first-order valence-electron chi connectivity index (χ1n) is 7.97. The Balaban J connectivity index is 2.02. The summed E-state index contributed by atoms with van der Waals surface area (Å²) < 4.78 is 1.03. The number of aromatic nitrogens is 2. The number of hydrogen-bond acceptors (Lipinski definition) is 4. The lowest BCUT2D eigenvalue weighted by molar-refractivity contribution is 0.317. The van der Waals surface area contributed by atoms with Crippen molar-refractivity contribution in [2.24, 2.45) is 5.16 Å². The van der Waals surface area contributed by atoms with E-state index in [4.69, 9.17) is 0 Å². The van der Waals surface area contributed by atoms with Crippen molar-refractivity contribution in [3.05, 3.63) is 94.0 Å². The monoisotopic (exact) mass is 395 g/mol. The molecule has 0 saturated carbocycles. The van der Waals surface area contributed by atoms with Gasteiger partial charge in [-0.2, -0.15) is 0 Å². The smallest absolute Gasteiger partial charge is 0.108 e. The molecule has 0 aliphatic carbocycles. The Hall–Kier alpha value is -2.53. The van der Waals surface area contributed by atoms with Gasteiger partial charge >= 0.3 is 0 Å². The van der Waals surface area contributed by atoms with Gasteiger partial charge in [-0.3, -0.25) is 9.97 Å². The fourth-order valence-corrected chi connectivity index (χ4v) is 3.18. The molecule has 0 saturated heterocycles. The Morgan fingerprint density at radius 1 is 1.12 bits per heavy atom. The van der Waals surface area contributed by atoms with Crippen LogP contribution in [0.3, 0.4) is 0 Å². The first-order chi connectivity index (χ1) is 12.2. The normalized spacial score (nSPS) is 12.8. The summed E-state index contributed by atoms with van der Waals surface area (Å²) >= 11 is 3.48. The Kier molecular flexibility index (Phi) is 5.56. The molecule has 1 N–H and O–H groups in total. The number of aryl methyl sites for hydroxylation is 1. The van der Waals surface area contributed by atoms with Crippen molar-refractivity contribution in [2.45, 2.75) is 19.3 Å². The minimum atomic E-state index is 0.0576. The summed E-state index contributed by atoms with van der Waals surface area (Å²) in [6, 6.07) is 16.5. The minimum absolute atomic E-state index is 0.0576. The summed E-state index contributed by atoms with van der Waals surface area (Å²) in [5.41, 5.74) is 4.66. The Bertz CT molecular complexity index is 864. The van der Waals surface area contributed by atoms with Crippen LogP contribution in [0.15, 0.2) is 76.7 Å². The molecule has 5 heteroatoms. The summed E-state index contributed by atoms with van der Waals surface area (Å²) in [5.74, 6) is 0.0576. The highest BCUT2D eigenvalue weighted by atomic mass is 79.9. The van der Waals surface area contributed by atoms with Crippen molar-refractivity contribution in [3.63, 3.8) is 0 Å². The van der Waals surface area contributed by atoms with Gasteiger partial charge in [0.25, 0.3) is 0 Å². The van der Waals surface area contributed by atoms with E-state index < -0.39 is 0 Å². The van der Waals surface area contributed by atoms with Crippen molar-refractivity contribution in [2.75, 3.05) is 0 Å². The molecule has 3 aromatic rings. The molecule has 3 rings (SSSR count). The predicted octanol–water partition coefficient (Wildman–Crippen LogP) is 4.95. The zero-order valence-corrected chi connectivity index (χ0v) is 15.4. The van der Waals surface area contributed by atoms with E-state index in [-0.39, 0.29) is 5.92 Å². The molecule has 0 aliphatic heterocycles. The largest absolute Gasteiger partial charge is 0.411 e. The Morgan fingerprint density at radius 2 is 1.88 bits per heavy atom. The van der Waals surface area contributed by atoms with Gasteiger partial charge in [0.05, 0.1) is 6.20 Å². The number of hydrogen-bond donors (Lipinski definition) is 1. The molecule has 0 fully saturated rings.